The molecule has 0 aromatic heterocycles. The van der Waals surface area contributed by atoms with Crippen molar-refractivity contribution in [1.82, 2.24) is 10.2 Å². The van der Waals surface area contributed by atoms with E-state index in [9.17, 15) is 9.59 Å². The second-order valence-corrected chi connectivity index (χ2v) is 8.61. The van der Waals surface area contributed by atoms with E-state index in [0.29, 0.717) is 30.5 Å². The summed E-state index contributed by atoms with van der Waals surface area (Å²) in [6.07, 6.45) is 9.74. The summed E-state index contributed by atoms with van der Waals surface area (Å²) in [7, 11) is 0. The molecular weight excluding hydrogens is 338 g/mol. The smallest absolute Gasteiger partial charge is 0.225 e. The number of nitrogens with zero attached hydrogens (tertiary/aromatic N) is 1. The Bertz CT molecular complexity index is 497. The number of halogens is 1. The van der Waals surface area contributed by atoms with Gasteiger partial charge in [-0.25, -0.2) is 0 Å². The maximum Gasteiger partial charge on any atom is 0.225 e. The monoisotopic (exact) mass is 369 g/mol. The fraction of sp³-hybridized carbons (Fsp3) is 0.895. The van der Waals surface area contributed by atoms with E-state index in [1.54, 1.807) is 0 Å². The molecule has 3 unspecified atom stereocenters. The number of nitrogens with two attached hydrogens (primary N) is 1. The van der Waals surface area contributed by atoms with Crippen LogP contribution >= 0.6 is 12.4 Å². The number of fused-ring (bicyclic) bond motifs is 2. The molecule has 3 N–H and O–H groups in total. The van der Waals surface area contributed by atoms with Gasteiger partial charge in [-0.3, -0.25) is 9.59 Å². The molecule has 2 amide bonds. The first kappa shape index (κ1) is 19.0. The van der Waals surface area contributed by atoms with Gasteiger partial charge in [0.25, 0.3) is 0 Å². The molecule has 1 heterocycles. The van der Waals surface area contributed by atoms with E-state index < -0.39 is 0 Å². The lowest BCUT2D eigenvalue weighted by Gasteiger charge is -2.46. The van der Waals surface area contributed by atoms with E-state index in [1.165, 1.54) is 19.3 Å². The van der Waals surface area contributed by atoms with Gasteiger partial charge in [0.05, 0.1) is 5.92 Å². The third kappa shape index (κ3) is 4.13. The van der Waals surface area contributed by atoms with Crippen molar-refractivity contribution in [1.29, 1.82) is 0 Å². The molecule has 4 rings (SSSR count). The molecule has 1 saturated heterocycles. The van der Waals surface area contributed by atoms with E-state index in [2.05, 4.69) is 5.32 Å². The molecule has 5 nitrogen and oxygen atoms in total. The van der Waals surface area contributed by atoms with Crippen LogP contribution in [0.3, 0.4) is 0 Å². The molecule has 4 aliphatic rings. The molecule has 142 valence electrons. The molecule has 25 heavy (non-hydrogen) atoms. The quantitative estimate of drug-likeness (QED) is 0.799. The summed E-state index contributed by atoms with van der Waals surface area (Å²) in [5.74, 6) is 1.82. The number of piperidine rings is 1. The summed E-state index contributed by atoms with van der Waals surface area (Å²) in [5, 5.41) is 3.38. The molecule has 3 saturated carbocycles. The zero-order chi connectivity index (χ0) is 16.7. The highest BCUT2D eigenvalue weighted by atomic mass is 35.5. The van der Waals surface area contributed by atoms with Crippen LogP contribution in [0.4, 0.5) is 0 Å². The predicted molar refractivity (Wildman–Crippen MR) is 99.2 cm³/mol. The topological polar surface area (TPSA) is 75.4 Å². The third-order valence-electron chi connectivity index (χ3n) is 6.72. The van der Waals surface area contributed by atoms with Crippen LogP contribution in [0.5, 0.6) is 0 Å². The number of amides is 2. The van der Waals surface area contributed by atoms with E-state index in [-0.39, 0.29) is 36.1 Å². The minimum atomic E-state index is -0.0159. The first-order chi connectivity index (χ1) is 11.6. The summed E-state index contributed by atoms with van der Waals surface area (Å²) < 4.78 is 0. The second kappa shape index (κ2) is 7.83. The number of carbonyl (C=O) groups is 2. The number of carbonyl (C=O) groups excluding carboxylic acids is 2. The van der Waals surface area contributed by atoms with Gasteiger partial charge in [0, 0.05) is 31.1 Å². The van der Waals surface area contributed by atoms with Gasteiger partial charge < -0.3 is 16.0 Å². The zero-order valence-electron chi connectivity index (χ0n) is 15.0. The maximum atomic E-state index is 12.9. The Balaban J connectivity index is 0.00000182. The molecule has 1 aliphatic heterocycles. The van der Waals surface area contributed by atoms with Crippen molar-refractivity contribution in [3.8, 4) is 0 Å². The molecule has 4 fully saturated rings. The zero-order valence-corrected chi connectivity index (χ0v) is 15.8. The first-order valence-corrected chi connectivity index (χ1v) is 9.96. The lowest BCUT2D eigenvalue weighted by atomic mass is 9.67. The van der Waals surface area contributed by atoms with Gasteiger partial charge in [-0.2, -0.15) is 0 Å². The van der Waals surface area contributed by atoms with Crippen molar-refractivity contribution in [2.45, 2.75) is 69.9 Å². The van der Waals surface area contributed by atoms with Crippen LogP contribution < -0.4 is 11.1 Å². The molecule has 6 heteroatoms. The summed E-state index contributed by atoms with van der Waals surface area (Å²) in [5.41, 5.74) is 6.19. The van der Waals surface area contributed by atoms with Crippen molar-refractivity contribution in [3.63, 3.8) is 0 Å². The number of nitrogens with one attached hydrogen (secondary N) is 1. The Hall–Kier alpha value is -0.810. The minimum Gasteiger partial charge on any atom is -0.353 e. The largest absolute Gasteiger partial charge is 0.353 e. The molecule has 3 atom stereocenters. The van der Waals surface area contributed by atoms with Gasteiger partial charge in [0.1, 0.15) is 0 Å². The minimum absolute atomic E-state index is 0. The Kier molecular flexibility index (Phi) is 5.94. The lowest BCUT2D eigenvalue weighted by Crippen LogP contribution is -2.56. The Morgan fingerprint density at radius 1 is 0.920 bits per heavy atom. The standard InChI is InChI=1S/C19H31N3O2.ClH/c20-16-9-13-3-1-4-14(10-16)17(13)21-18(23)15-5-2-8-22(11-15)19(24)12-6-7-12;/h12-17H,1-11,20H2,(H,21,23);1H. The lowest BCUT2D eigenvalue weighted by molar-refractivity contribution is -0.137. The molecule has 3 aliphatic carbocycles. The molecule has 0 radical (unpaired) electrons. The van der Waals surface area contributed by atoms with E-state index in [1.807, 2.05) is 4.90 Å². The Morgan fingerprint density at radius 3 is 2.24 bits per heavy atom. The highest BCUT2D eigenvalue weighted by molar-refractivity contribution is 5.85. The van der Waals surface area contributed by atoms with Gasteiger partial charge in [0.2, 0.25) is 11.8 Å². The number of likely N-dealkylation sites (tertiary alicyclic amines) is 1. The predicted octanol–water partition coefficient (Wildman–Crippen LogP) is 2.08. The fourth-order valence-corrected chi connectivity index (χ4v) is 5.29. The van der Waals surface area contributed by atoms with Crippen LogP contribution in [0, 0.1) is 23.7 Å². The van der Waals surface area contributed by atoms with Crippen molar-refractivity contribution < 1.29 is 9.59 Å². The van der Waals surface area contributed by atoms with Crippen LogP contribution in [-0.2, 0) is 9.59 Å². The average Bonchev–Trinajstić information content (AvgIpc) is 3.40. The summed E-state index contributed by atoms with van der Waals surface area (Å²) in [6, 6.07) is 0.635. The molecule has 0 aromatic rings. The maximum absolute atomic E-state index is 12.9. The number of rotatable bonds is 3. The second-order valence-electron chi connectivity index (χ2n) is 8.61. The highest BCUT2D eigenvalue weighted by Crippen LogP contribution is 2.40. The van der Waals surface area contributed by atoms with Crippen LogP contribution in [0.25, 0.3) is 0 Å². The normalized spacial score (nSPS) is 37.8. The van der Waals surface area contributed by atoms with E-state index in [4.69, 9.17) is 5.73 Å². The Labute approximate surface area is 156 Å². The molecule has 0 aromatic carbocycles. The van der Waals surface area contributed by atoms with Gasteiger partial charge in [-0.05, 0) is 63.2 Å². The van der Waals surface area contributed by atoms with Crippen molar-refractivity contribution >= 4 is 24.2 Å². The summed E-state index contributed by atoms with van der Waals surface area (Å²) >= 11 is 0. The SMILES string of the molecule is Cl.NC1CC2CCCC(C1)C2NC(=O)C1CCCN(C(=O)C2CC2)C1. The fourth-order valence-electron chi connectivity index (χ4n) is 5.29. The van der Waals surface area contributed by atoms with E-state index in [0.717, 1.165) is 45.1 Å². The van der Waals surface area contributed by atoms with Crippen LogP contribution in [0.1, 0.15) is 57.8 Å². The average molecular weight is 370 g/mol. The number of hydrogen-bond donors (Lipinski definition) is 2. The summed E-state index contributed by atoms with van der Waals surface area (Å²) in [4.78, 5) is 27.1. The summed E-state index contributed by atoms with van der Waals surface area (Å²) in [6.45, 7) is 1.46. The highest BCUT2D eigenvalue weighted by Gasteiger charge is 2.42. The Morgan fingerprint density at radius 2 is 1.60 bits per heavy atom. The molecule has 2 bridgehead atoms. The van der Waals surface area contributed by atoms with Crippen LogP contribution in [0.2, 0.25) is 0 Å². The third-order valence-corrected chi connectivity index (χ3v) is 6.72. The van der Waals surface area contributed by atoms with Gasteiger partial charge >= 0.3 is 0 Å². The van der Waals surface area contributed by atoms with Gasteiger partial charge in [0.15, 0.2) is 0 Å². The van der Waals surface area contributed by atoms with Crippen molar-refractivity contribution in [3.05, 3.63) is 0 Å². The van der Waals surface area contributed by atoms with Crippen LogP contribution in [-0.4, -0.2) is 41.9 Å². The van der Waals surface area contributed by atoms with Gasteiger partial charge in [-0.1, -0.05) is 6.42 Å². The first-order valence-electron chi connectivity index (χ1n) is 9.96. The van der Waals surface area contributed by atoms with Crippen molar-refractivity contribution in [2.24, 2.45) is 29.4 Å². The molecule has 0 spiro atoms. The van der Waals surface area contributed by atoms with Crippen molar-refractivity contribution in [2.75, 3.05) is 13.1 Å². The molecular formula is C19H32ClN3O2. The number of hydrogen-bond acceptors (Lipinski definition) is 3. The van der Waals surface area contributed by atoms with Gasteiger partial charge in [-0.15, -0.1) is 12.4 Å². The van der Waals surface area contributed by atoms with E-state index >= 15 is 0 Å². The van der Waals surface area contributed by atoms with Crippen LogP contribution in [0.15, 0.2) is 0 Å².